The average molecular weight is 436 g/mol. The van der Waals surface area contributed by atoms with Crippen molar-refractivity contribution in [3.05, 3.63) is 63.6 Å². The van der Waals surface area contributed by atoms with Gasteiger partial charge in [0.05, 0.1) is 5.56 Å². The highest BCUT2D eigenvalue weighted by atomic mass is 79.9. The molecule has 136 valence electrons. The van der Waals surface area contributed by atoms with Crippen LogP contribution in [0.4, 0.5) is 0 Å². The number of carbonyl (C=O) groups excluding carboxylic acids is 2. The SMILES string of the molecule is Cc1cccc(OCC(=O)NNC(=S)NC(=O)c2ccccc2Br)c1C. The van der Waals surface area contributed by atoms with Crippen LogP contribution in [-0.2, 0) is 4.79 Å². The minimum absolute atomic E-state index is 0.0224. The van der Waals surface area contributed by atoms with E-state index in [4.69, 9.17) is 17.0 Å². The van der Waals surface area contributed by atoms with E-state index in [-0.39, 0.29) is 11.7 Å². The van der Waals surface area contributed by atoms with Crippen LogP contribution >= 0.6 is 28.1 Å². The first-order chi connectivity index (χ1) is 12.4. The van der Waals surface area contributed by atoms with E-state index in [2.05, 4.69) is 32.1 Å². The van der Waals surface area contributed by atoms with Crippen LogP contribution in [-0.4, -0.2) is 23.5 Å². The molecule has 3 N–H and O–H groups in total. The number of carbonyl (C=O) groups is 2. The number of hydrazine groups is 1. The molecule has 6 nitrogen and oxygen atoms in total. The number of amides is 2. The van der Waals surface area contributed by atoms with Gasteiger partial charge < -0.3 is 4.74 Å². The van der Waals surface area contributed by atoms with Crippen molar-refractivity contribution < 1.29 is 14.3 Å². The Morgan fingerprint density at radius 3 is 2.54 bits per heavy atom. The highest BCUT2D eigenvalue weighted by Crippen LogP contribution is 2.20. The van der Waals surface area contributed by atoms with Gasteiger partial charge in [0.1, 0.15) is 5.75 Å². The Hall–Kier alpha value is -2.45. The first kappa shape index (κ1) is 19.9. The largest absolute Gasteiger partial charge is 0.483 e. The van der Waals surface area contributed by atoms with Crippen LogP contribution in [0, 0.1) is 13.8 Å². The van der Waals surface area contributed by atoms with Crippen molar-refractivity contribution in [2.45, 2.75) is 13.8 Å². The summed E-state index contributed by atoms with van der Waals surface area (Å²) in [7, 11) is 0. The Kier molecular flexibility index (Phi) is 7.11. The Bertz CT molecular complexity index is 842. The van der Waals surface area contributed by atoms with Gasteiger partial charge in [-0.05, 0) is 71.3 Å². The van der Waals surface area contributed by atoms with Crippen molar-refractivity contribution in [2.24, 2.45) is 0 Å². The van der Waals surface area contributed by atoms with Crippen LogP contribution in [0.1, 0.15) is 21.5 Å². The maximum Gasteiger partial charge on any atom is 0.276 e. The van der Waals surface area contributed by atoms with Gasteiger partial charge in [0, 0.05) is 4.47 Å². The number of halogens is 1. The molecule has 2 amide bonds. The molecule has 0 unspecified atom stereocenters. The molecule has 0 atom stereocenters. The van der Waals surface area contributed by atoms with Crippen LogP contribution in [0.15, 0.2) is 46.9 Å². The monoisotopic (exact) mass is 435 g/mol. The summed E-state index contributed by atoms with van der Waals surface area (Å²) in [6.45, 7) is 3.71. The number of thiocarbonyl (C=S) groups is 1. The molecule has 0 heterocycles. The average Bonchev–Trinajstić information content (AvgIpc) is 2.61. The molecule has 0 fully saturated rings. The summed E-state index contributed by atoms with van der Waals surface area (Å²) < 4.78 is 6.13. The van der Waals surface area contributed by atoms with E-state index >= 15 is 0 Å². The molecule has 0 aliphatic heterocycles. The zero-order chi connectivity index (χ0) is 19.1. The predicted molar refractivity (Wildman–Crippen MR) is 107 cm³/mol. The third kappa shape index (κ3) is 5.53. The predicted octanol–water partition coefficient (Wildman–Crippen LogP) is 2.78. The van der Waals surface area contributed by atoms with E-state index < -0.39 is 11.8 Å². The Morgan fingerprint density at radius 1 is 1.08 bits per heavy atom. The van der Waals surface area contributed by atoms with Gasteiger partial charge in [0.25, 0.3) is 11.8 Å². The van der Waals surface area contributed by atoms with E-state index in [0.717, 1.165) is 11.1 Å². The molecule has 2 aromatic carbocycles. The minimum Gasteiger partial charge on any atom is -0.483 e. The lowest BCUT2D eigenvalue weighted by atomic mass is 10.1. The second-order valence-corrected chi connectivity index (χ2v) is 6.69. The molecule has 0 saturated heterocycles. The van der Waals surface area contributed by atoms with Crippen molar-refractivity contribution in [2.75, 3.05) is 6.61 Å². The highest BCUT2D eigenvalue weighted by Gasteiger charge is 2.11. The van der Waals surface area contributed by atoms with Crippen molar-refractivity contribution in [1.29, 1.82) is 0 Å². The zero-order valence-electron chi connectivity index (χ0n) is 14.3. The standard InChI is InChI=1S/C18H18BrN3O3S/c1-11-6-5-9-15(12(11)2)25-10-16(23)21-22-18(26)20-17(24)13-7-3-4-8-14(13)19/h3-9H,10H2,1-2H3,(H,21,23)(H2,20,22,24,26). The lowest BCUT2D eigenvalue weighted by molar-refractivity contribution is -0.123. The lowest BCUT2D eigenvalue weighted by Crippen LogP contribution is -2.49. The van der Waals surface area contributed by atoms with Crippen LogP contribution in [0.2, 0.25) is 0 Å². The molecule has 2 aromatic rings. The van der Waals surface area contributed by atoms with Crippen molar-refractivity contribution in [3.63, 3.8) is 0 Å². The fraction of sp³-hybridized carbons (Fsp3) is 0.167. The molecule has 8 heteroatoms. The van der Waals surface area contributed by atoms with Gasteiger partial charge in [0.2, 0.25) is 0 Å². The Morgan fingerprint density at radius 2 is 1.81 bits per heavy atom. The number of ether oxygens (including phenoxy) is 1. The summed E-state index contributed by atoms with van der Waals surface area (Å²) in [4.78, 5) is 23.9. The Balaban J connectivity index is 1.78. The second-order valence-electron chi connectivity index (χ2n) is 5.42. The van der Waals surface area contributed by atoms with Gasteiger partial charge in [-0.1, -0.05) is 24.3 Å². The molecule has 0 aliphatic carbocycles. The maximum atomic E-state index is 12.1. The highest BCUT2D eigenvalue weighted by molar-refractivity contribution is 9.10. The quantitative estimate of drug-likeness (QED) is 0.508. The molecular formula is C18H18BrN3O3S. The molecule has 0 spiro atoms. The van der Waals surface area contributed by atoms with E-state index in [0.29, 0.717) is 15.8 Å². The van der Waals surface area contributed by atoms with Crippen molar-refractivity contribution in [1.82, 2.24) is 16.2 Å². The molecule has 26 heavy (non-hydrogen) atoms. The van der Waals surface area contributed by atoms with Gasteiger partial charge >= 0.3 is 0 Å². The zero-order valence-corrected chi connectivity index (χ0v) is 16.7. The summed E-state index contributed by atoms with van der Waals surface area (Å²) in [6.07, 6.45) is 0. The van der Waals surface area contributed by atoms with E-state index in [1.165, 1.54) is 0 Å². The molecule has 2 rings (SSSR count). The van der Waals surface area contributed by atoms with Crippen molar-refractivity contribution in [3.8, 4) is 5.75 Å². The fourth-order valence-corrected chi connectivity index (χ4v) is 2.64. The molecule has 0 radical (unpaired) electrons. The number of benzene rings is 2. The van der Waals surface area contributed by atoms with E-state index in [1.807, 2.05) is 26.0 Å². The van der Waals surface area contributed by atoms with E-state index in [9.17, 15) is 9.59 Å². The number of nitrogens with one attached hydrogen (secondary N) is 3. The van der Waals surface area contributed by atoms with E-state index in [1.54, 1.807) is 30.3 Å². The van der Waals surface area contributed by atoms with Crippen LogP contribution < -0.4 is 20.9 Å². The summed E-state index contributed by atoms with van der Waals surface area (Å²) in [5.41, 5.74) is 7.33. The van der Waals surface area contributed by atoms with Crippen molar-refractivity contribution >= 4 is 45.1 Å². The first-order valence-electron chi connectivity index (χ1n) is 7.72. The summed E-state index contributed by atoms with van der Waals surface area (Å²) in [5, 5.41) is 2.46. The summed E-state index contributed by atoms with van der Waals surface area (Å²) in [5.74, 6) is -0.177. The van der Waals surface area contributed by atoms with Gasteiger partial charge in [-0.15, -0.1) is 0 Å². The van der Waals surface area contributed by atoms with Gasteiger partial charge in [-0.25, -0.2) is 0 Å². The van der Waals surface area contributed by atoms with Crippen LogP contribution in [0.5, 0.6) is 5.75 Å². The molecule has 0 aliphatic rings. The van der Waals surface area contributed by atoms with Crippen LogP contribution in [0.25, 0.3) is 0 Å². The minimum atomic E-state index is -0.427. The smallest absolute Gasteiger partial charge is 0.276 e. The number of hydrogen-bond acceptors (Lipinski definition) is 4. The normalized spacial score (nSPS) is 9.96. The van der Waals surface area contributed by atoms with Crippen LogP contribution in [0.3, 0.4) is 0 Å². The summed E-state index contributed by atoms with van der Waals surface area (Å²) >= 11 is 8.29. The lowest BCUT2D eigenvalue weighted by Gasteiger charge is -2.13. The number of aryl methyl sites for hydroxylation is 1. The van der Waals surface area contributed by atoms with Gasteiger partial charge in [-0.3, -0.25) is 25.8 Å². The number of hydrogen-bond donors (Lipinski definition) is 3. The Labute approximate surface area is 165 Å². The second kappa shape index (κ2) is 9.30. The van der Waals surface area contributed by atoms with Gasteiger partial charge in [-0.2, -0.15) is 0 Å². The fourth-order valence-electron chi connectivity index (χ4n) is 2.03. The number of rotatable bonds is 4. The third-order valence-corrected chi connectivity index (χ3v) is 4.47. The molecule has 0 bridgehead atoms. The molecule has 0 aromatic heterocycles. The maximum absolute atomic E-state index is 12.1. The third-order valence-electron chi connectivity index (χ3n) is 3.57. The molecular weight excluding hydrogens is 418 g/mol. The molecule has 0 saturated carbocycles. The van der Waals surface area contributed by atoms with Gasteiger partial charge in [0.15, 0.2) is 11.7 Å². The first-order valence-corrected chi connectivity index (χ1v) is 8.92. The topological polar surface area (TPSA) is 79.5 Å². The summed E-state index contributed by atoms with van der Waals surface area (Å²) in [6, 6.07) is 12.6.